The maximum Gasteiger partial charge on any atom is 0.343 e. The largest absolute Gasteiger partial charge is 0.496 e. The van der Waals surface area contributed by atoms with Gasteiger partial charge in [0, 0.05) is 17.0 Å². The Morgan fingerprint density at radius 2 is 1.88 bits per heavy atom. The first kappa shape index (κ1) is 17.4. The van der Waals surface area contributed by atoms with Gasteiger partial charge in [0.05, 0.1) is 7.11 Å². The zero-order valence-electron chi connectivity index (χ0n) is 13.5. The van der Waals surface area contributed by atoms with Gasteiger partial charge in [-0.1, -0.05) is 36.4 Å². The van der Waals surface area contributed by atoms with E-state index in [9.17, 15) is 4.79 Å². The van der Waals surface area contributed by atoms with E-state index in [0.717, 1.165) is 16.2 Å². The second kappa shape index (κ2) is 8.59. The number of carbonyl (C=O) groups is 1. The van der Waals surface area contributed by atoms with Gasteiger partial charge in [0.2, 0.25) is 5.16 Å². The van der Waals surface area contributed by atoms with E-state index in [4.69, 9.17) is 4.74 Å². The van der Waals surface area contributed by atoms with Crippen molar-refractivity contribution in [3.05, 3.63) is 66.5 Å². The Morgan fingerprint density at radius 1 is 1.12 bits per heavy atom. The van der Waals surface area contributed by atoms with Crippen LogP contribution in [-0.4, -0.2) is 27.9 Å². The molecule has 128 valence electrons. The number of benzene rings is 2. The molecule has 0 aliphatic carbocycles. The maximum atomic E-state index is 12.2. The average molecular weight is 372 g/mol. The number of aromatic nitrogens is 3. The highest BCUT2D eigenvalue weighted by Crippen LogP contribution is 2.34. The topological polar surface area (TPSA) is 69.0 Å². The van der Waals surface area contributed by atoms with Crippen LogP contribution >= 0.6 is 21.6 Å². The van der Waals surface area contributed by atoms with E-state index >= 15 is 0 Å². The summed E-state index contributed by atoms with van der Waals surface area (Å²) in [5.41, 5.74) is 0.896. The number of rotatable bonds is 6. The van der Waals surface area contributed by atoms with Gasteiger partial charge < -0.3 is 10.1 Å². The van der Waals surface area contributed by atoms with E-state index in [1.54, 1.807) is 17.9 Å². The lowest BCUT2D eigenvalue weighted by Gasteiger charge is -2.08. The Morgan fingerprint density at radius 3 is 2.68 bits per heavy atom. The molecule has 0 radical (unpaired) electrons. The number of hydrogen-bond acceptors (Lipinski definition) is 6. The van der Waals surface area contributed by atoms with Gasteiger partial charge in [-0.3, -0.25) is 0 Å². The third-order valence-electron chi connectivity index (χ3n) is 3.26. The first-order chi connectivity index (χ1) is 12.3. The van der Waals surface area contributed by atoms with Crippen LogP contribution in [-0.2, 0) is 6.54 Å². The van der Waals surface area contributed by atoms with Crippen molar-refractivity contribution >= 4 is 27.6 Å². The number of para-hydroxylation sites is 1. The zero-order valence-corrected chi connectivity index (χ0v) is 15.1. The van der Waals surface area contributed by atoms with Gasteiger partial charge in [-0.15, -0.1) is 5.10 Å². The Kier molecular flexibility index (Phi) is 5.97. The summed E-state index contributed by atoms with van der Waals surface area (Å²) in [5.74, 6) is 0.733. The van der Waals surface area contributed by atoms with Crippen LogP contribution < -0.4 is 10.1 Å². The number of methoxy groups -OCH3 is 1. The molecule has 0 aliphatic rings. The molecule has 0 aliphatic heterocycles. The molecule has 0 spiro atoms. The van der Waals surface area contributed by atoms with Crippen LogP contribution in [0.25, 0.3) is 0 Å². The molecule has 3 aromatic rings. The summed E-state index contributed by atoms with van der Waals surface area (Å²) in [6, 6.07) is 17.1. The fraction of sp³-hybridized carbons (Fsp3) is 0.118. The molecule has 1 amide bonds. The molecule has 25 heavy (non-hydrogen) atoms. The third kappa shape index (κ3) is 4.77. The van der Waals surface area contributed by atoms with E-state index in [1.165, 1.54) is 21.8 Å². The van der Waals surface area contributed by atoms with Crippen LogP contribution in [0.2, 0.25) is 0 Å². The van der Waals surface area contributed by atoms with Gasteiger partial charge in [-0.25, -0.2) is 9.78 Å². The normalized spacial score (nSPS) is 10.4. The van der Waals surface area contributed by atoms with Crippen molar-refractivity contribution in [2.24, 2.45) is 0 Å². The highest BCUT2D eigenvalue weighted by molar-refractivity contribution is 8.76. The minimum absolute atomic E-state index is 0.338. The van der Waals surface area contributed by atoms with E-state index < -0.39 is 0 Å². The van der Waals surface area contributed by atoms with E-state index in [0.29, 0.717) is 11.7 Å². The maximum absolute atomic E-state index is 12.2. The summed E-state index contributed by atoms with van der Waals surface area (Å²) in [6.45, 7) is 0.351. The lowest BCUT2D eigenvalue weighted by atomic mass is 10.2. The number of nitrogens with zero attached hydrogens (tertiary/aromatic N) is 3. The van der Waals surface area contributed by atoms with Crippen LogP contribution in [0.5, 0.6) is 5.75 Å². The minimum atomic E-state index is -0.338. The first-order valence-corrected chi connectivity index (χ1v) is 9.62. The number of ether oxygens (including phenoxy) is 1. The van der Waals surface area contributed by atoms with Crippen LogP contribution in [0.15, 0.2) is 71.0 Å². The average Bonchev–Trinajstić information content (AvgIpc) is 3.14. The molecule has 0 saturated heterocycles. The minimum Gasteiger partial charge on any atom is -0.496 e. The van der Waals surface area contributed by atoms with E-state index in [1.807, 2.05) is 54.6 Å². The third-order valence-corrected chi connectivity index (χ3v) is 5.42. The molecule has 6 nitrogen and oxygen atoms in total. The van der Waals surface area contributed by atoms with Gasteiger partial charge >= 0.3 is 6.03 Å². The number of hydrogen-bond donors (Lipinski definition) is 1. The van der Waals surface area contributed by atoms with Crippen LogP contribution in [0.3, 0.4) is 0 Å². The second-order valence-electron chi connectivity index (χ2n) is 4.92. The van der Waals surface area contributed by atoms with Crippen molar-refractivity contribution in [2.75, 3.05) is 7.11 Å². The van der Waals surface area contributed by atoms with E-state index in [2.05, 4.69) is 15.4 Å². The molecule has 2 aromatic carbocycles. The fourth-order valence-electron chi connectivity index (χ4n) is 2.05. The SMILES string of the molecule is COc1ccccc1CNC(=O)n1cnc(SSc2ccccc2)n1. The lowest BCUT2D eigenvalue weighted by molar-refractivity contribution is 0.238. The number of carbonyl (C=O) groups excluding carboxylic acids is 1. The molecular formula is C17H16N4O2S2. The molecule has 8 heteroatoms. The summed E-state index contributed by atoms with van der Waals surface area (Å²) >= 11 is 0. The highest BCUT2D eigenvalue weighted by atomic mass is 33.1. The summed E-state index contributed by atoms with van der Waals surface area (Å²) in [4.78, 5) is 17.4. The molecule has 0 unspecified atom stereocenters. The number of amides is 1. The summed E-state index contributed by atoms with van der Waals surface area (Å²) in [5, 5.41) is 7.52. The molecule has 3 rings (SSSR count). The van der Waals surface area contributed by atoms with Gasteiger partial charge in [0.1, 0.15) is 12.1 Å². The standard InChI is InChI=1S/C17H16N4O2S2/c1-23-15-10-6-5-7-13(15)11-18-17(22)21-12-19-16(20-21)25-24-14-8-3-2-4-9-14/h2-10,12H,11H2,1H3,(H,18,22). The molecule has 0 atom stereocenters. The predicted octanol–water partition coefficient (Wildman–Crippen LogP) is 3.84. The van der Waals surface area contributed by atoms with E-state index in [-0.39, 0.29) is 6.03 Å². The van der Waals surface area contributed by atoms with Gasteiger partial charge in [-0.2, -0.15) is 4.68 Å². The Bertz CT molecular complexity index is 839. The molecule has 0 saturated carbocycles. The van der Waals surface area contributed by atoms with Crippen molar-refractivity contribution in [2.45, 2.75) is 16.6 Å². The van der Waals surface area contributed by atoms with Crippen molar-refractivity contribution in [3.8, 4) is 5.75 Å². The summed E-state index contributed by atoms with van der Waals surface area (Å²) < 4.78 is 6.47. The molecular weight excluding hydrogens is 356 g/mol. The molecule has 1 N–H and O–H groups in total. The fourth-order valence-corrected chi connectivity index (χ4v) is 3.77. The molecule has 1 aromatic heterocycles. The lowest BCUT2D eigenvalue weighted by Crippen LogP contribution is -2.28. The Labute approximate surface area is 153 Å². The zero-order chi connectivity index (χ0) is 17.5. The summed E-state index contributed by atoms with van der Waals surface area (Å²) in [6.07, 6.45) is 1.41. The number of nitrogens with one attached hydrogen (secondary N) is 1. The Hall–Kier alpha value is -2.45. The predicted molar refractivity (Wildman–Crippen MR) is 98.8 cm³/mol. The highest BCUT2D eigenvalue weighted by Gasteiger charge is 2.10. The molecule has 0 bridgehead atoms. The van der Waals surface area contributed by atoms with Gasteiger partial charge in [0.25, 0.3) is 0 Å². The smallest absolute Gasteiger partial charge is 0.343 e. The van der Waals surface area contributed by atoms with Crippen LogP contribution in [0.1, 0.15) is 5.56 Å². The quantitative estimate of drug-likeness (QED) is 0.663. The van der Waals surface area contributed by atoms with Crippen LogP contribution in [0.4, 0.5) is 4.79 Å². The monoisotopic (exact) mass is 372 g/mol. The van der Waals surface area contributed by atoms with Crippen molar-refractivity contribution < 1.29 is 9.53 Å². The van der Waals surface area contributed by atoms with Crippen molar-refractivity contribution in [1.82, 2.24) is 20.1 Å². The van der Waals surface area contributed by atoms with Gasteiger partial charge in [0.15, 0.2) is 0 Å². The van der Waals surface area contributed by atoms with Gasteiger partial charge in [-0.05, 0) is 39.8 Å². The van der Waals surface area contributed by atoms with Crippen LogP contribution in [0, 0.1) is 0 Å². The molecule has 1 heterocycles. The molecule has 0 fully saturated rings. The first-order valence-electron chi connectivity index (χ1n) is 7.47. The summed E-state index contributed by atoms with van der Waals surface area (Å²) in [7, 11) is 4.55. The Balaban J connectivity index is 1.55. The second-order valence-corrected chi connectivity index (χ2v) is 7.09. The van der Waals surface area contributed by atoms with Crippen molar-refractivity contribution in [3.63, 3.8) is 0 Å². The van der Waals surface area contributed by atoms with Crippen molar-refractivity contribution in [1.29, 1.82) is 0 Å².